The van der Waals surface area contributed by atoms with Crippen molar-refractivity contribution in [2.45, 2.75) is 45.1 Å². The lowest BCUT2D eigenvalue weighted by atomic mass is 10.1. The van der Waals surface area contributed by atoms with Crippen molar-refractivity contribution in [3.8, 4) is 0 Å². The van der Waals surface area contributed by atoms with Crippen LogP contribution < -0.4 is 0 Å². The van der Waals surface area contributed by atoms with E-state index in [4.69, 9.17) is 4.98 Å². The lowest BCUT2D eigenvalue weighted by Gasteiger charge is -2.15. The predicted octanol–water partition coefficient (Wildman–Crippen LogP) is 3.73. The molecular formula is C19H25N3O. The minimum absolute atomic E-state index is 0.191. The van der Waals surface area contributed by atoms with Crippen LogP contribution >= 0.6 is 0 Å². The molecule has 0 bridgehead atoms. The van der Waals surface area contributed by atoms with E-state index in [1.165, 1.54) is 18.4 Å². The van der Waals surface area contributed by atoms with Gasteiger partial charge in [0.1, 0.15) is 5.82 Å². The van der Waals surface area contributed by atoms with Crippen molar-refractivity contribution in [3.63, 3.8) is 0 Å². The molecule has 2 heterocycles. The number of hydrogen-bond donors (Lipinski definition) is 0. The number of carbonyl (C=O) groups excluding carboxylic acids is 1. The number of aryl methyl sites for hydroxylation is 1. The van der Waals surface area contributed by atoms with E-state index in [2.05, 4.69) is 36.3 Å². The van der Waals surface area contributed by atoms with Crippen LogP contribution in [0.25, 0.3) is 11.0 Å². The normalized spacial score (nSPS) is 18.0. The van der Waals surface area contributed by atoms with Gasteiger partial charge in [0.2, 0.25) is 5.91 Å². The van der Waals surface area contributed by atoms with E-state index in [-0.39, 0.29) is 11.8 Å². The van der Waals surface area contributed by atoms with Crippen LogP contribution in [-0.4, -0.2) is 33.4 Å². The van der Waals surface area contributed by atoms with Gasteiger partial charge in [-0.15, -0.1) is 6.58 Å². The summed E-state index contributed by atoms with van der Waals surface area (Å²) in [6.45, 7) is 8.33. The molecule has 1 aromatic carbocycles. The first-order chi connectivity index (χ1) is 11.2. The third kappa shape index (κ3) is 3.16. The number of fused-ring (bicyclic) bond motifs is 1. The van der Waals surface area contributed by atoms with Crippen molar-refractivity contribution in [3.05, 3.63) is 42.7 Å². The van der Waals surface area contributed by atoms with Crippen molar-refractivity contribution in [1.82, 2.24) is 14.5 Å². The van der Waals surface area contributed by atoms with Crippen LogP contribution in [0.4, 0.5) is 0 Å². The first kappa shape index (κ1) is 15.8. The van der Waals surface area contributed by atoms with Crippen LogP contribution in [0.1, 0.15) is 44.3 Å². The lowest BCUT2D eigenvalue weighted by molar-refractivity contribution is -0.127. The number of benzene rings is 1. The standard InChI is InChI=1S/C19H25N3O/c1-3-5-8-12-22-17-10-7-6-9-16(17)20-19(22)15-13-18(23)21(14-15)11-4-2/h4,6-7,9-10,15H,2-3,5,8,11-14H2,1H3. The summed E-state index contributed by atoms with van der Waals surface area (Å²) < 4.78 is 2.33. The molecule has 4 heteroatoms. The molecule has 3 rings (SSSR count). The Morgan fingerprint density at radius 3 is 2.96 bits per heavy atom. The number of rotatable bonds is 7. The molecule has 1 amide bonds. The fraction of sp³-hybridized carbons (Fsp3) is 0.474. The lowest BCUT2D eigenvalue weighted by Crippen LogP contribution is -2.25. The molecule has 1 saturated heterocycles. The van der Waals surface area contributed by atoms with Crippen LogP contribution in [0.3, 0.4) is 0 Å². The van der Waals surface area contributed by atoms with Crippen molar-refractivity contribution >= 4 is 16.9 Å². The topological polar surface area (TPSA) is 38.1 Å². The summed E-state index contributed by atoms with van der Waals surface area (Å²) in [5.74, 6) is 1.47. The Balaban J connectivity index is 1.91. The van der Waals surface area contributed by atoms with Gasteiger partial charge in [-0.1, -0.05) is 38.0 Å². The second-order valence-corrected chi connectivity index (χ2v) is 6.31. The van der Waals surface area contributed by atoms with E-state index in [0.717, 1.165) is 30.9 Å². The average Bonchev–Trinajstić information content (AvgIpc) is 3.10. The minimum Gasteiger partial charge on any atom is -0.338 e. The first-order valence-electron chi connectivity index (χ1n) is 8.58. The van der Waals surface area contributed by atoms with E-state index in [0.29, 0.717) is 13.0 Å². The van der Waals surface area contributed by atoms with E-state index in [9.17, 15) is 4.79 Å². The molecule has 0 saturated carbocycles. The molecular weight excluding hydrogens is 286 g/mol. The van der Waals surface area contributed by atoms with Crippen molar-refractivity contribution in [2.24, 2.45) is 0 Å². The third-order valence-corrected chi connectivity index (χ3v) is 4.60. The van der Waals surface area contributed by atoms with Gasteiger partial charge in [-0.3, -0.25) is 4.79 Å². The fourth-order valence-electron chi connectivity index (χ4n) is 3.44. The Bertz CT molecular complexity index is 704. The first-order valence-corrected chi connectivity index (χ1v) is 8.58. The number of unbranched alkanes of at least 4 members (excludes halogenated alkanes) is 2. The van der Waals surface area contributed by atoms with E-state index >= 15 is 0 Å². The zero-order valence-electron chi connectivity index (χ0n) is 13.9. The van der Waals surface area contributed by atoms with Crippen molar-refractivity contribution < 1.29 is 4.79 Å². The monoisotopic (exact) mass is 311 g/mol. The summed E-state index contributed by atoms with van der Waals surface area (Å²) in [7, 11) is 0. The number of para-hydroxylation sites is 2. The SMILES string of the molecule is C=CCN1CC(c2nc3ccccc3n2CCCCC)CC1=O. The second kappa shape index (κ2) is 6.99. The van der Waals surface area contributed by atoms with Gasteiger partial charge >= 0.3 is 0 Å². The highest BCUT2D eigenvalue weighted by atomic mass is 16.2. The van der Waals surface area contributed by atoms with Crippen molar-refractivity contribution in [1.29, 1.82) is 0 Å². The molecule has 1 fully saturated rings. The molecule has 0 N–H and O–H groups in total. The maximum absolute atomic E-state index is 12.2. The van der Waals surface area contributed by atoms with E-state index in [1.54, 1.807) is 6.08 Å². The zero-order chi connectivity index (χ0) is 16.2. The zero-order valence-corrected chi connectivity index (χ0v) is 13.9. The highest BCUT2D eigenvalue weighted by Crippen LogP contribution is 2.30. The maximum atomic E-state index is 12.2. The highest BCUT2D eigenvalue weighted by molar-refractivity contribution is 5.81. The van der Waals surface area contributed by atoms with E-state index < -0.39 is 0 Å². The molecule has 4 nitrogen and oxygen atoms in total. The quantitative estimate of drug-likeness (QED) is 0.577. The van der Waals surface area contributed by atoms with Crippen LogP contribution in [0, 0.1) is 0 Å². The Morgan fingerprint density at radius 2 is 2.17 bits per heavy atom. The summed E-state index contributed by atoms with van der Waals surface area (Å²) in [5.41, 5.74) is 2.22. The Labute approximate surface area is 137 Å². The van der Waals surface area contributed by atoms with Crippen LogP contribution in [0.2, 0.25) is 0 Å². The number of aromatic nitrogens is 2. The van der Waals surface area contributed by atoms with Gasteiger partial charge in [0.05, 0.1) is 11.0 Å². The molecule has 1 aromatic heterocycles. The van der Waals surface area contributed by atoms with Gasteiger partial charge in [-0.2, -0.15) is 0 Å². The molecule has 2 aromatic rings. The van der Waals surface area contributed by atoms with E-state index in [1.807, 2.05) is 11.0 Å². The van der Waals surface area contributed by atoms with Crippen LogP contribution in [0.15, 0.2) is 36.9 Å². The Kier molecular flexibility index (Phi) is 4.79. The maximum Gasteiger partial charge on any atom is 0.223 e. The molecule has 0 aliphatic carbocycles. The number of imidazole rings is 1. The molecule has 1 aliphatic heterocycles. The number of nitrogens with zero attached hydrogens (tertiary/aromatic N) is 3. The number of hydrogen-bond acceptors (Lipinski definition) is 2. The van der Waals surface area contributed by atoms with Gasteiger partial charge in [0.25, 0.3) is 0 Å². The molecule has 1 atom stereocenters. The summed E-state index contributed by atoms with van der Waals surface area (Å²) in [5, 5.41) is 0. The van der Waals surface area contributed by atoms with Crippen LogP contribution in [-0.2, 0) is 11.3 Å². The summed E-state index contributed by atoms with van der Waals surface area (Å²) in [6, 6.07) is 8.29. The van der Waals surface area contributed by atoms with Gasteiger partial charge in [-0.25, -0.2) is 4.98 Å². The van der Waals surface area contributed by atoms with Crippen molar-refractivity contribution in [2.75, 3.05) is 13.1 Å². The van der Waals surface area contributed by atoms with Gasteiger partial charge in [0.15, 0.2) is 0 Å². The fourth-order valence-corrected chi connectivity index (χ4v) is 3.44. The number of amides is 1. The van der Waals surface area contributed by atoms with Gasteiger partial charge in [-0.05, 0) is 18.6 Å². The molecule has 0 spiro atoms. The molecule has 0 radical (unpaired) electrons. The molecule has 122 valence electrons. The number of carbonyl (C=O) groups is 1. The molecule has 23 heavy (non-hydrogen) atoms. The van der Waals surface area contributed by atoms with Gasteiger partial charge < -0.3 is 9.47 Å². The van der Waals surface area contributed by atoms with Gasteiger partial charge in [0, 0.05) is 32.0 Å². The highest BCUT2D eigenvalue weighted by Gasteiger charge is 2.33. The number of likely N-dealkylation sites (tertiary alicyclic amines) is 1. The summed E-state index contributed by atoms with van der Waals surface area (Å²) >= 11 is 0. The smallest absolute Gasteiger partial charge is 0.223 e. The molecule has 1 aliphatic rings. The Morgan fingerprint density at radius 1 is 1.35 bits per heavy atom. The predicted molar refractivity (Wildman–Crippen MR) is 93.4 cm³/mol. The third-order valence-electron chi connectivity index (χ3n) is 4.60. The van der Waals surface area contributed by atoms with Crippen LogP contribution in [0.5, 0.6) is 0 Å². The largest absolute Gasteiger partial charge is 0.338 e. The second-order valence-electron chi connectivity index (χ2n) is 6.31. The molecule has 1 unspecified atom stereocenters. The summed E-state index contributed by atoms with van der Waals surface area (Å²) in [6.07, 6.45) is 5.94. The Hall–Kier alpha value is -2.10. The minimum atomic E-state index is 0.191. The summed E-state index contributed by atoms with van der Waals surface area (Å²) in [4.78, 5) is 18.9. The average molecular weight is 311 g/mol.